The van der Waals surface area contributed by atoms with Gasteiger partial charge in [0.2, 0.25) is 5.91 Å². The second kappa shape index (κ2) is 11.9. The molecule has 2 aromatic carbocycles. The zero-order valence-electron chi connectivity index (χ0n) is 24.3. The zero-order valence-corrected chi connectivity index (χ0v) is 24.3. The molecule has 6 rings (SSSR count). The van der Waals surface area contributed by atoms with Crippen LogP contribution in [0.3, 0.4) is 0 Å². The maximum absolute atomic E-state index is 13.9. The van der Waals surface area contributed by atoms with Crippen LogP contribution in [-0.4, -0.2) is 93.5 Å². The molecule has 0 bridgehead atoms. The molecule has 3 aromatic rings. The highest BCUT2D eigenvalue weighted by molar-refractivity contribution is 6.07. The molecule has 2 amide bonds. The van der Waals surface area contributed by atoms with E-state index < -0.39 is 0 Å². The number of aromatic hydroxyl groups is 1. The summed E-state index contributed by atoms with van der Waals surface area (Å²) in [4.78, 5) is 43.8. The van der Waals surface area contributed by atoms with E-state index in [1.54, 1.807) is 15.9 Å². The summed E-state index contributed by atoms with van der Waals surface area (Å²) >= 11 is 0. The molecule has 0 aliphatic carbocycles. The van der Waals surface area contributed by atoms with Gasteiger partial charge in [-0.05, 0) is 55.4 Å². The summed E-state index contributed by atoms with van der Waals surface area (Å²) in [6, 6.07) is 13.1. The number of hydrogen-bond donors (Lipinski definition) is 1. The zero-order chi connectivity index (χ0) is 30.1. The van der Waals surface area contributed by atoms with Crippen molar-refractivity contribution < 1.29 is 19.4 Å². The predicted octanol–water partition coefficient (Wildman–Crippen LogP) is 3.08. The standard InChI is InChI=1S/C32H35N7O4/c1-3-29(41)39-14-13-37(17-22(39)10-11-33)30-27-18-38(31(42)26-16-24(40)15-21-7-4-5-9-25(21)26)19-28(27)34-32(35-30)43-20-23-8-6-12-36(23)2/h3-5,7,9,15-16,22-23,40H,1,6,8,10,12-14,17-20H2,2H3. The molecule has 1 aromatic heterocycles. The molecule has 0 radical (unpaired) electrons. The van der Waals surface area contributed by atoms with Gasteiger partial charge in [0.15, 0.2) is 0 Å². The minimum atomic E-state index is -0.329. The third-order valence-corrected chi connectivity index (χ3v) is 8.75. The van der Waals surface area contributed by atoms with Gasteiger partial charge in [-0.3, -0.25) is 9.59 Å². The highest BCUT2D eigenvalue weighted by Crippen LogP contribution is 2.35. The van der Waals surface area contributed by atoms with Crippen LogP contribution in [0.1, 0.15) is 40.9 Å². The van der Waals surface area contributed by atoms with Gasteiger partial charge in [-0.2, -0.15) is 15.2 Å². The summed E-state index contributed by atoms with van der Waals surface area (Å²) in [6.45, 7) is 6.99. The maximum Gasteiger partial charge on any atom is 0.318 e. The van der Waals surface area contributed by atoms with Crippen molar-refractivity contribution in [2.45, 2.75) is 44.4 Å². The lowest BCUT2D eigenvalue weighted by atomic mass is 10.0. The Hall–Kier alpha value is -4.69. The van der Waals surface area contributed by atoms with Crippen molar-refractivity contribution in [3.05, 3.63) is 65.9 Å². The van der Waals surface area contributed by atoms with Gasteiger partial charge < -0.3 is 29.4 Å². The van der Waals surface area contributed by atoms with Crippen LogP contribution in [0.25, 0.3) is 10.8 Å². The Morgan fingerprint density at radius 2 is 2.00 bits per heavy atom. The molecule has 11 heteroatoms. The number of likely N-dealkylation sites (N-methyl/N-ethyl adjacent to an activating group) is 1. The van der Waals surface area contributed by atoms with E-state index in [0.717, 1.165) is 35.7 Å². The molecule has 3 aliphatic rings. The molecule has 1 N–H and O–H groups in total. The minimum absolute atomic E-state index is 0.0299. The van der Waals surface area contributed by atoms with Gasteiger partial charge in [-0.15, -0.1) is 0 Å². The van der Waals surface area contributed by atoms with Gasteiger partial charge in [-0.1, -0.05) is 30.8 Å². The van der Waals surface area contributed by atoms with Crippen molar-refractivity contribution >= 4 is 28.4 Å². The van der Waals surface area contributed by atoms with Crippen molar-refractivity contribution in [2.24, 2.45) is 0 Å². The fourth-order valence-electron chi connectivity index (χ4n) is 6.42. The number of amides is 2. The fourth-order valence-corrected chi connectivity index (χ4v) is 6.42. The molecule has 0 spiro atoms. The van der Waals surface area contributed by atoms with Crippen molar-refractivity contribution in [1.82, 2.24) is 24.7 Å². The smallest absolute Gasteiger partial charge is 0.318 e. The Bertz CT molecular complexity index is 1620. The van der Waals surface area contributed by atoms with E-state index >= 15 is 0 Å². The summed E-state index contributed by atoms with van der Waals surface area (Å²) in [6.07, 6.45) is 3.62. The van der Waals surface area contributed by atoms with Gasteiger partial charge in [-0.25, -0.2) is 0 Å². The van der Waals surface area contributed by atoms with E-state index in [9.17, 15) is 20.0 Å². The van der Waals surface area contributed by atoms with E-state index in [1.165, 1.54) is 12.1 Å². The lowest BCUT2D eigenvalue weighted by Crippen LogP contribution is -2.55. The maximum atomic E-state index is 13.9. The second-order valence-electron chi connectivity index (χ2n) is 11.4. The number of phenols is 1. The van der Waals surface area contributed by atoms with E-state index in [0.29, 0.717) is 43.3 Å². The number of ether oxygens (including phenoxy) is 1. The molecule has 43 heavy (non-hydrogen) atoms. The van der Waals surface area contributed by atoms with Gasteiger partial charge in [0.1, 0.15) is 18.2 Å². The SMILES string of the molecule is C=CC(=O)N1CCN(c2nc(OCC3CCCN3C)nc3c2CN(C(=O)c2cc(O)cc4ccccc24)C3)CC1CC#N. The first kappa shape index (κ1) is 28.4. The molecule has 2 atom stereocenters. The lowest BCUT2D eigenvalue weighted by Gasteiger charge is -2.41. The van der Waals surface area contributed by atoms with Crippen LogP contribution >= 0.6 is 0 Å². The highest BCUT2D eigenvalue weighted by atomic mass is 16.5. The van der Waals surface area contributed by atoms with Crippen LogP contribution in [0, 0.1) is 11.3 Å². The van der Waals surface area contributed by atoms with Crippen LogP contribution in [0.5, 0.6) is 11.8 Å². The van der Waals surface area contributed by atoms with Gasteiger partial charge in [0, 0.05) is 31.2 Å². The first-order chi connectivity index (χ1) is 20.9. The molecule has 11 nitrogen and oxygen atoms in total. The molecule has 222 valence electrons. The van der Waals surface area contributed by atoms with Crippen LogP contribution in [0.15, 0.2) is 49.1 Å². The van der Waals surface area contributed by atoms with E-state index in [1.807, 2.05) is 24.3 Å². The van der Waals surface area contributed by atoms with Crippen molar-refractivity contribution in [2.75, 3.05) is 44.7 Å². The molecule has 0 saturated carbocycles. The summed E-state index contributed by atoms with van der Waals surface area (Å²) in [5, 5.41) is 21.4. The third kappa shape index (κ3) is 5.58. The Morgan fingerprint density at radius 1 is 1.16 bits per heavy atom. The number of fused-ring (bicyclic) bond motifs is 2. The number of nitriles is 1. The fraction of sp³-hybridized carbons (Fsp3) is 0.406. The number of benzene rings is 2. The first-order valence-electron chi connectivity index (χ1n) is 14.6. The number of anilines is 1. The van der Waals surface area contributed by atoms with Crippen molar-refractivity contribution in [1.29, 1.82) is 5.26 Å². The molecule has 3 aliphatic heterocycles. The molecule has 4 heterocycles. The average molecular weight is 582 g/mol. The van der Waals surface area contributed by atoms with Crippen LogP contribution < -0.4 is 9.64 Å². The van der Waals surface area contributed by atoms with Crippen molar-refractivity contribution in [3.63, 3.8) is 0 Å². The average Bonchev–Trinajstić information content (AvgIpc) is 3.64. The largest absolute Gasteiger partial charge is 0.508 e. The van der Waals surface area contributed by atoms with Crippen LogP contribution in [0.2, 0.25) is 0 Å². The van der Waals surface area contributed by atoms with Crippen LogP contribution in [-0.2, 0) is 17.9 Å². The Labute approximate surface area is 250 Å². The normalized spacial score (nSPS) is 20.2. The van der Waals surface area contributed by atoms with E-state index in [4.69, 9.17) is 14.7 Å². The number of nitrogens with zero attached hydrogens (tertiary/aromatic N) is 7. The summed E-state index contributed by atoms with van der Waals surface area (Å²) in [5.74, 6) is 0.272. The van der Waals surface area contributed by atoms with Gasteiger partial charge in [0.05, 0.1) is 42.9 Å². The molecular formula is C32H35N7O4. The number of carbonyl (C=O) groups is 2. The number of likely N-dealkylation sites (tertiary alicyclic amines) is 1. The lowest BCUT2D eigenvalue weighted by molar-refractivity contribution is -0.128. The number of piperazine rings is 1. The Kier molecular flexibility index (Phi) is 7.86. The molecule has 2 unspecified atom stereocenters. The highest BCUT2D eigenvalue weighted by Gasteiger charge is 2.36. The number of phenolic OH excluding ortho intramolecular Hbond substituents is 1. The van der Waals surface area contributed by atoms with E-state index in [2.05, 4.69) is 29.5 Å². The molecule has 2 fully saturated rings. The quantitative estimate of drug-likeness (QED) is 0.419. The topological polar surface area (TPSA) is 126 Å². The monoisotopic (exact) mass is 581 g/mol. The second-order valence-corrected chi connectivity index (χ2v) is 11.4. The Balaban J connectivity index is 1.32. The number of carbonyl (C=O) groups excluding carboxylic acids is 2. The summed E-state index contributed by atoms with van der Waals surface area (Å²) in [7, 11) is 2.09. The molecule has 2 saturated heterocycles. The summed E-state index contributed by atoms with van der Waals surface area (Å²) < 4.78 is 6.16. The number of aromatic nitrogens is 2. The number of hydrogen-bond acceptors (Lipinski definition) is 9. The molecular weight excluding hydrogens is 546 g/mol. The third-order valence-electron chi connectivity index (χ3n) is 8.75. The van der Waals surface area contributed by atoms with Gasteiger partial charge >= 0.3 is 6.01 Å². The van der Waals surface area contributed by atoms with Crippen LogP contribution in [0.4, 0.5) is 5.82 Å². The number of rotatable bonds is 7. The van der Waals surface area contributed by atoms with Crippen molar-refractivity contribution in [3.8, 4) is 17.8 Å². The van der Waals surface area contributed by atoms with Gasteiger partial charge in [0.25, 0.3) is 5.91 Å². The minimum Gasteiger partial charge on any atom is -0.508 e. The first-order valence-corrected chi connectivity index (χ1v) is 14.6. The summed E-state index contributed by atoms with van der Waals surface area (Å²) in [5.41, 5.74) is 1.95. The Morgan fingerprint density at radius 3 is 2.77 bits per heavy atom. The van der Waals surface area contributed by atoms with E-state index in [-0.39, 0.29) is 55.2 Å². The predicted molar refractivity (Wildman–Crippen MR) is 161 cm³/mol.